The minimum Gasteiger partial charge on any atom is -0.494 e. The molecule has 0 heterocycles. The topological polar surface area (TPSA) is 53.7 Å². The highest BCUT2D eigenvalue weighted by molar-refractivity contribution is 5.62. The summed E-state index contributed by atoms with van der Waals surface area (Å²) in [6, 6.07) is 5.49. The second-order valence-electron chi connectivity index (χ2n) is 4.43. The lowest BCUT2D eigenvalue weighted by Crippen LogP contribution is -2.25. The number of nitrogens with two attached hydrogens (primary N) is 1. The van der Waals surface area contributed by atoms with Crippen LogP contribution in [0.25, 0.3) is 0 Å². The zero-order valence-corrected chi connectivity index (χ0v) is 10.9. The number of nitrogen functional groups attached to an aromatic ring is 1. The van der Waals surface area contributed by atoms with Crippen molar-refractivity contribution in [2.45, 2.75) is 25.9 Å². The lowest BCUT2D eigenvalue weighted by molar-refractivity contribution is 0.00551. The molecule has 0 aliphatic rings. The van der Waals surface area contributed by atoms with Crippen LogP contribution in [0.15, 0.2) is 18.2 Å². The summed E-state index contributed by atoms with van der Waals surface area (Å²) >= 11 is 0. The van der Waals surface area contributed by atoms with E-state index in [9.17, 15) is 0 Å². The first kappa shape index (κ1) is 13.6. The number of rotatable bonds is 6. The van der Waals surface area contributed by atoms with Gasteiger partial charge in [-0.1, -0.05) is 6.07 Å². The van der Waals surface area contributed by atoms with Gasteiger partial charge in [0.05, 0.1) is 19.3 Å². The van der Waals surface area contributed by atoms with Gasteiger partial charge >= 0.3 is 0 Å². The quantitative estimate of drug-likeness (QED) is 0.775. The van der Waals surface area contributed by atoms with Crippen LogP contribution in [0.5, 0.6) is 11.5 Å². The molecular formula is C13H21NO3. The SMILES string of the molecule is COc1cccc(OCCC(C)(C)OC)c1N. The zero-order chi connectivity index (χ0) is 12.9. The molecule has 2 N–H and O–H groups in total. The summed E-state index contributed by atoms with van der Waals surface area (Å²) in [6.07, 6.45) is 0.792. The molecule has 0 spiro atoms. The Labute approximate surface area is 103 Å². The van der Waals surface area contributed by atoms with E-state index < -0.39 is 0 Å². The normalized spacial score (nSPS) is 11.3. The molecule has 1 rings (SSSR count). The number of anilines is 1. The minimum atomic E-state index is -0.187. The van der Waals surface area contributed by atoms with E-state index >= 15 is 0 Å². The van der Waals surface area contributed by atoms with Crippen LogP contribution < -0.4 is 15.2 Å². The maximum absolute atomic E-state index is 5.89. The van der Waals surface area contributed by atoms with E-state index in [0.29, 0.717) is 23.8 Å². The third kappa shape index (κ3) is 3.82. The van der Waals surface area contributed by atoms with Gasteiger partial charge in [0.25, 0.3) is 0 Å². The first-order chi connectivity index (χ1) is 8.00. The van der Waals surface area contributed by atoms with Crippen molar-refractivity contribution in [3.05, 3.63) is 18.2 Å². The van der Waals surface area contributed by atoms with Crippen LogP contribution in [-0.2, 0) is 4.74 Å². The fourth-order valence-electron chi connectivity index (χ4n) is 1.34. The molecular weight excluding hydrogens is 218 g/mol. The zero-order valence-electron chi connectivity index (χ0n) is 10.9. The summed E-state index contributed by atoms with van der Waals surface area (Å²) in [5, 5.41) is 0. The molecule has 96 valence electrons. The second kappa shape index (κ2) is 5.77. The van der Waals surface area contributed by atoms with Crippen LogP contribution >= 0.6 is 0 Å². The van der Waals surface area contributed by atoms with Gasteiger partial charge in [-0.05, 0) is 26.0 Å². The predicted molar refractivity (Wildman–Crippen MR) is 68.6 cm³/mol. The molecule has 17 heavy (non-hydrogen) atoms. The van der Waals surface area contributed by atoms with Crippen molar-refractivity contribution in [3.8, 4) is 11.5 Å². The van der Waals surface area contributed by atoms with E-state index in [-0.39, 0.29) is 5.60 Å². The van der Waals surface area contributed by atoms with Gasteiger partial charge in [0, 0.05) is 13.5 Å². The Kier molecular flexibility index (Phi) is 4.63. The van der Waals surface area contributed by atoms with Crippen LogP contribution in [0.1, 0.15) is 20.3 Å². The van der Waals surface area contributed by atoms with Gasteiger partial charge in [0.15, 0.2) is 0 Å². The monoisotopic (exact) mass is 239 g/mol. The molecule has 0 aromatic heterocycles. The number of benzene rings is 1. The fraction of sp³-hybridized carbons (Fsp3) is 0.538. The van der Waals surface area contributed by atoms with Gasteiger partial charge in [0.2, 0.25) is 0 Å². The van der Waals surface area contributed by atoms with Crippen molar-refractivity contribution in [1.82, 2.24) is 0 Å². The third-order valence-corrected chi connectivity index (χ3v) is 2.76. The lowest BCUT2D eigenvalue weighted by Gasteiger charge is -2.23. The molecule has 0 atom stereocenters. The van der Waals surface area contributed by atoms with Crippen molar-refractivity contribution in [2.24, 2.45) is 0 Å². The van der Waals surface area contributed by atoms with Crippen molar-refractivity contribution < 1.29 is 14.2 Å². The maximum atomic E-state index is 5.89. The molecule has 0 saturated carbocycles. The third-order valence-electron chi connectivity index (χ3n) is 2.76. The summed E-state index contributed by atoms with van der Waals surface area (Å²) in [4.78, 5) is 0. The number of hydrogen-bond donors (Lipinski definition) is 1. The standard InChI is InChI=1S/C13H21NO3/c1-13(2,16-4)8-9-17-11-7-5-6-10(15-3)12(11)14/h5-7H,8-9,14H2,1-4H3. The molecule has 0 amide bonds. The van der Waals surface area contributed by atoms with Gasteiger partial charge in [-0.3, -0.25) is 0 Å². The van der Waals surface area contributed by atoms with E-state index in [1.54, 1.807) is 20.3 Å². The van der Waals surface area contributed by atoms with E-state index in [2.05, 4.69) is 0 Å². The van der Waals surface area contributed by atoms with E-state index in [1.807, 2.05) is 26.0 Å². The van der Waals surface area contributed by atoms with E-state index in [4.69, 9.17) is 19.9 Å². The highest BCUT2D eigenvalue weighted by Gasteiger charge is 2.16. The lowest BCUT2D eigenvalue weighted by atomic mass is 10.1. The Balaban J connectivity index is 2.58. The second-order valence-corrected chi connectivity index (χ2v) is 4.43. The van der Waals surface area contributed by atoms with Crippen molar-refractivity contribution in [2.75, 3.05) is 26.6 Å². The smallest absolute Gasteiger partial charge is 0.146 e. The first-order valence-corrected chi connectivity index (χ1v) is 5.60. The van der Waals surface area contributed by atoms with Gasteiger partial charge in [-0.2, -0.15) is 0 Å². The number of para-hydroxylation sites is 1. The van der Waals surface area contributed by atoms with Gasteiger partial charge in [0.1, 0.15) is 17.2 Å². The predicted octanol–water partition coefficient (Wildman–Crippen LogP) is 2.47. The van der Waals surface area contributed by atoms with Gasteiger partial charge in [-0.15, -0.1) is 0 Å². The molecule has 0 radical (unpaired) electrons. The molecule has 0 aliphatic carbocycles. The van der Waals surface area contributed by atoms with E-state index in [1.165, 1.54) is 0 Å². The molecule has 1 aromatic rings. The van der Waals surface area contributed by atoms with Crippen molar-refractivity contribution in [1.29, 1.82) is 0 Å². The van der Waals surface area contributed by atoms with Crippen LogP contribution in [0.4, 0.5) is 5.69 Å². The number of ether oxygens (including phenoxy) is 3. The van der Waals surface area contributed by atoms with Crippen LogP contribution in [-0.4, -0.2) is 26.4 Å². The Bertz CT molecular complexity index is 364. The largest absolute Gasteiger partial charge is 0.494 e. The van der Waals surface area contributed by atoms with Crippen LogP contribution in [0.2, 0.25) is 0 Å². The summed E-state index contributed by atoms with van der Waals surface area (Å²) < 4.78 is 16.1. The van der Waals surface area contributed by atoms with Gasteiger partial charge < -0.3 is 19.9 Å². The Morgan fingerprint density at radius 2 is 1.82 bits per heavy atom. The van der Waals surface area contributed by atoms with Crippen LogP contribution in [0.3, 0.4) is 0 Å². The molecule has 0 bridgehead atoms. The average molecular weight is 239 g/mol. The van der Waals surface area contributed by atoms with E-state index in [0.717, 1.165) is 6.42 Å². The minimum absolute atomic E-state index is 0.187. The Morgan fingerprint density at radius 3 is 2.41 bits per heavy atom. The average Bonchev–Trinajstić information content (AvgIpc) is 2.31. The Morgan fingerprint density at radius 1 is 1.18 bits per heavy atom. The number of methoxy groups -OCH3 is 2. The summed E-state index contributed by atoms with van der Waals surface area (Å²) in [6.45, 7) is 4.59. The van der Waals surface area contributed by atoms with Crippen LogP contribution in [0, 0.1) is 0 Å². The maximum Gasteiger partial charge on any atom is 0.146 e. The van der Waals surface area contributed by atoms with Crippen molar-refractivity contribution in [3.63, 3.8) is 0 Å². The Hall–Kier alpha value is -1.42. The summed E-state index contributed by atoms with van der Waals surface area (Å²) in [7, 11) is 3.28. The highest BCUT2D eigenvalue weighted by Crippen LogP contribution is 2.31. The highest BCUT2D eigenvalue weighted by atomic mass is 16.5. The molecule has 4 heteroatoms. The summed E-state index contributed by atoms with van der Waals surface area (Å²) in [5.74, 6) is 1.28. The number of hydrogen-bond acceptors (Lipinski definition) is 4. The molecule has 0 aliphatic heterocycles. The molecule has 4 nitrogen and oxygen atoms in total. The summed E-state index contributed by atoms with van der Waals surface area (Å²) in [5.41, 5.74) is 6.24. The first-order valence-electron chi connectivity index (χ1n) is 5.60. The fourth-order valence-corrected chi connectivity index (χ4v) is 1.34. The molecule has 0 fully saturated rings. The molecule has 1 aromatic carbocycles. The van der Waals surface area contributed by atoms with Crippen molar-refractivity contribution >= 4 is 5.69 Å². The molecule has 0 unspecified atom stereocenters. The van der Waals surface area contributed by atoms with Gasteiger partial charge in [-0.25, -0.2) is 0 Å². The molecule has 0 saturated heterocycles.